The lowest BCUT2D eigenvalue weighted by molar-refractivity contribution is -0.132. The molecule has 1 fully saturated rings. The van der Waals surface area contributed by atoms with E-state index in [1.54, 1.807) is 18.2 Å². The average Bonchev–Trinajstić information content (AvgIpc) is 3.14. The van der Waals surface area contributed by atoms with Crippen molar-refractivity contribution in [3.05, 3.63) is 94.6 Å². The predicted octanol–water partition coefficient (Wildman–Crippen LogP) is 6.75. The van der Waals surface area contributed by atoms with E-state index in [-0.39, 0.29) is 17.4 Å². The molecular formula is C32H35NO5. The van der Waals surface area contributed by atoms with E-state index >= 15 is 0 Å². The van der Waals surface area contributed by atoms with Gasteiger partial charge < -0.3 is 14.6 Å². The first-order chi connectivity index (χ1) is 18.1. The fourth-order valence-electron chi connectivity index (χ4n) is 4.50. The van der Waals surface area contributed by atoms with Gasteiger partial charge in [0.1, 0.15) is 17.3 Å². The molecular weight excluding hydrogens is 478 g/mol. The van der Waals surface area contributed by atoms with Crippen molar-refractivity contribution in [3.63, 3.8) is 0 Å². The maximum Gasteiger partial charge on any atom is 0.300 e. The summed E-state index contributed by atoms with van der Waals surface area (Å²) < 4.78 is 11.8. The number of Topliss-reactive ketones (excluding diaryl/α,β-unsaturated/α-hetero) is 1. The maximum atomic E-state index is 13.5. The molecule has 0 aliphatic carbocycles. The minimum atomic E-state index is -0.827. The van der Waals surface area contributed by atoms with Gasteiger partial charge in [-0.05, 0) is 87.2 Å². The first kappa shape index (κ1) is 27.0. The van der Waals surface area contributed by atoms with Crippen molar-refractivity contribution in [3.8, 4) is 11.5 Å². The molecule has 6 nitrogen and oxygen atoms in total. The largest absolute Gasteiger partial charge is 0.507 e. The lowest BCUT2D eigenvalue weighted by Gasteiger charge is -2.26. The van der Waals surface area contributed by atoms with Crippen LogP contribution >= 0.6 is 0 Å². The molecule has 3 aromatic rings. The van der Waals surface area contributed by atoms with Gasteiger partial charge in [0.05, 0.1) is 24.3 Å². The van der Waals surface area contributed by atoms with Crippen molar-refractivity contribution in [1.29, 1.82) is 0 Å². The van der Waals surface area contributed by atoms with Gasteiger partial charge in [0.25, 0.3) is 11.7 Å². The van der Waals surface area contributed by atoms with Crippen LogP contribution in [0.4, 0.5) is 5.69 Å². The minimum absolute atomic E-state index is 0.00169. The molecule has 1 aliphatic heterocycles. The highest BCUT2D eigenvalue weighted by molar-refractivity contribution is 6.51. The maximum absolute atomic E-state index is 13.5. The Morgan fingerprint density at radius 1 is 0.947 bits per heavy atom. The van der Waals surface area contributed by atoms with Gasteiger partial charge in [-0.25, -0.2) is 0 Å². The van der Waals surface area contributed by atoms with E-state index in [2.05, 4.69) is 13.8 Å². The van der Waals surface area contributed by atoms with Crippen LogP contribution < -0.4 is 14.4 Å². The number of nitrogens with zero attached hydrogens (tertiary/aromatic N) is 1. The number of anilines is 1. The molecule has 1 atom stereocenters. The Morgan fingerprint density at radius 3 is 2.29 bits per heavy atom. The molecule has 38 heavy (non-hydrogen) atoms. The summed E-state index contributed by atoms with van der Waals surface area (Å²) in [6.07, 6.45) is -0.00169. The second kappa shape index (κ2) is 11.1. The summed E-state index contributed by atoms with van der Waals surface area (Å²) in [4.78, 5) is 28.4. The van der Waals surface area contributed by atoms with E-state index in [1.807, 2.05) is 76.2 Å². The lowest BCUT2D eigenvalue weighted by Crippen LogP contribution is -2.29. The molecule has 0 aromatic heterocycles. The minimum Gasteiger partial charge on any atom is -0.507 e. The Bertz CT molecular complexity index is 1370. The first-order valence-electron chi connectivity index (χ1n) is 12.9. The molecule has 3 aromatic carbocycles. The fraction of sp³-hybridized carbons (Fsp3) is 0.312. The molecule has 1 saturated heterocycles. The summed E-state index contributed by atoms with van der Waals surface area (Å²) >= 11 is 0. The van der Waals surface area contributed by atoms with E-state index in [9.17, 15) is 14.7 Å². The standard InChI is InChI=1S/C32H35NO5/c1-19(2)18-37-26-9-7-8-23(17-26)29-28(30(34)24-12-15-27(22(6)16-24)38-20(3)4)31(35)32(36)33(29)25-13-10-21(5)11-14-25/h7-17,19-20,29,34H,18H2,1-6H3/b30-28+. The Hall–Kier alpha value is -4.06. The zero-order valence-corrected chi connectivity index (χ0v) is 22.8. The number of hydrogen-bond acceptors (Lipinski definition) is 5. The number of aryl methyl sites for hydroxylation is 2. The second-order valence-corrected chi connectivity index (χ2v) is 10.4. The van der Waals surface area contributed by atoms with Gasteiger partial charge in [0.15, 0.2) is 0 Å². The van der Waals surface area contributed by atoms with Crippen LogP contribution in [-0.4, -0.2) is 29.5 Å². The summed E-state index contributed by atoms with van der Waals surface area (Å²) in [5.74, 6) is 0.0189. The zero-order valence-electron chi connectivity index (χ0n) is 22.8. The molecule has 1 heterocycles. The van der Waals surface area contributed by atoms with Gasteiger partial charge in [-0.1, -0.05) is 43.7 Å². The third-order valence-electron chi connectivity index (χ3n) is 6.32. The van der Waals surface area contributed by atoms with Crippen molar-refractivity contribution in [2.75, 3.05) is 11.5 Å². The summed E-state index contributed by atoms with van der Waals surface area (Å²) in [5.41, 5.74) is 3.57. The van der Waals surface area contributed by atoms with Crippen molar-refractivity contribution in [2.45, 2.75) is 53.7 Å². The van der Waals surface area contributed by atoms with Crippen LogP contribution in [0.1, 0.15) is 56.0 Å². The van der Waals surface area contributed by atoms with Gasteiger partial charge in [0, 0.05) is 11.3 Å². The summed E-state index contributed by atoms with van der Waals surface area (Å²) in [7, 11) is 0. The van der Waals surface area contributed by atoms with E-state index in [0.717, 1.165) is 11.1 Å². The number of ketones is 1. The molecule has 1 amide bonds. The van der Waals surface area contributed by atoms with Crippen molar-refractivity contribution >= 4 is 23.1 Å². The Labute approximate surface area is 224 Å². The number of amides is 1. The van der Waals surface area contributed by atoms with Crippen molar-refractivity contribution in [2.24, 2.45) is 5.92 Å². The number of rotatable bonds is 8. The molecule has 0 spiro atoms. The molecule has 0 bridgehead atoms. The Morgan fingerprint density at radius 2 is 1.66 bits per heavy atom. The van der Waals surface area contributed by atoms with Crippen LogP contribution in [0.15, 0.2) is 72.3 Å². The summed E-state index contributed by atoms with van der Waals surface area (Å²) in [6.45, 7) is 12.4. The SMILES string of the molecule is Cc1ccc(N2C(=O)C(=O)/C(=C(/O)c3ccc(OC(C)C)c(C)c3)C2c2cccc(OCC(C)C)c2)cc1. The van der Waals surface area contributed by atoms with Crippen LogP contribution in [0.3, 0.4) is 0 Å². The number of aliphatic hydroxyl groups excluding tert-OH is 1. The Balaban J connectivity index is 1.87. The van der Waals surface area contributed by atoms with Gasteiger partial charge in [-0.3, -0.25) is 14.5 Å². The van der Waals surface area contributed by atoms with E-state index in [4.69, 9.17) is 9.47 Å². The van der Waals surface area contributed by atoms with E-state index in [0.29, 0.717) is 40.8 Å². The van der Waals surface area contributed by atoms with Crippen molar-refractivity contribution in [1.82, 2.24) is 0 Å². The van der Waals surface area contributed by atoms with Crippen molar-refractivity contribution < 1.29 is 24.2 Å². The smallest absolute Gasteiger partial charge is 0.300 e. The van der Waals surface area contributed by atoms with Crippen LogP contribution in [-0.2, 0) is 9.59 Å². The van der Waals surface area contributed by atoms with Gasteiger partial charge in [-0.15, -0.1) is 0 Å². The molecule has 1 N–H and O–H groups in total. The molecule has 198 valence electrons. The van der Waals surface area contributed by atoms with E-state index < -0.39 is 17.7 Å². The monoisotopic (exact) mass is 513 g/mol. The quantitative estimate of drug-likeness (QED) is 0.205. The number of ether oxygens (including phenoxy) is 2. The number of benzene rings is 3. The highest BCUT2D eigenvalue weighted by Gasteiger charge is 2.47. The topological polar surface area (TPSA) is 76.1 Å². The number of hydrogen-bond donors (Lipinski definition) is 1. The highest BCUT2D eigenvalue weighted by atomic mass is 16.5. The van der Waals surface area contributed by atoms with E-state index in [1.165, 1.54) is 4.90 Å². The van der Waals surface area contributed by atoms with Crippen LogP contribution in [0.5, 0.6) is 11.5 Å². The second-order valence-electron chi connectivity index (χ2n) is 10.4. The average molecular weight is 514 g/mol. The fourth-order valence-corrected chi connectivity index (χ4v) is 4.50. The summed E-state index contributed by atoms with van der Waals surface area (Å²) in [5, 5.41) is 11.5. The first-order valence-corrected chi connectivity index (χ1v) is 12.9. The number of aliphatic hydroxyl groups is 1. The zero-order chi connectivity index (χ0) is 27.6. The van der Waals surface area contributed by atoms with Gasteiger partial charge in [0.2, 0.25) is 0 Å². The molecule has 0 radical (unpaired) electrons. The molecule has 6 heteroatoms. The van der Waals surface area contributed by atoms with Crippen LogP contribution in [0.25, 0.3) is 5.76 Å². The Kier molecular flexibility index (Phi) is 7.91. The van der Waals surface area contributed by atoms with Gasteiger partial charge >= 0.3 is 0 Å². The normalized spacial score (nSPS) is 16.9. The molecule has 1 unspecified atom stereocenters. The number of carbonyl (C=O) groups excluding carboxylic acids is 2. The molecule has 0 saturated carbocycles. The molecule has 1 aliphatic rings. The highest BCUT2D eigenvalue weighted by Crippen LogP contribution is 2.43. The van der Waals surface area contributed by atoms with Gasteiger partial charge in [-0.2, -0.15) is 0 Å². The van der Waals surface area contributed by atoms with Crippen LogP contribution in [0.2, 0.25) is 0 Å². The molecule has 4 rings (SSSR count). The third kappa shape index (κ3) is 5.59. The van der Waals surface area contributed by atoms with Crippen LogP contribution in [0, 0.1) is 19.8 Å². The predicted molar refractivity (Wildman–Crippen MR) is 150 cm³/mol. The third-order valence-corrected chi connectivity index (χ3v) is 6.32. The number of carbonyl (C=O) groups is 2. The summed E-state index contributed by atoms with van der Waals surface area (Å²) in [6, 6.07) is 19.2. The lowest BCUT2D eigenvalue weighted by atomic mass is 9.94.